The number of aliphatic imine (C=N–C) groups is 1. The van der Waals surface area contributed by atoms with Crippen molar-refractivity contribution in [1.29, 1.82) is 0 Å². The van der Waals surface area contributed by atoms with Crippen molar-refractivity contribution < 1.29 is 13.2 Å². The molecule has 3 rings (SSSR count). The normalized spacial score (nSPS) is 14.8. The molecule has 1 saturated heterocycles. The summed E-state index contributed by atoms with van der Waals surface area (Å²) in [4.78, 5) is 11.4. The minimum Gasteiger partial charge on any atom is -0.357 e. The molecule has 0 unspecified atom stereocenters. The Balaban J connectivity index is 1.50. The Labute approximate surface area is 175 Å². The van der Waals surface area contributed by atoms with Crippen molar-refractivity contribution in [2.24, 2.45) is 4.99 Å². The van der Waals surface area contributed by atoms with Crippen LogP contribution in [0.25, 0.3) is 0 Å². The number of hydrogen-bond donors (Lipinski definition) is 2. The van der Waals surface area contributed by atoms with E-state index in [1.54, 1.807) is 0 Å². The molecule has 1 aromatic carbocycles. The van der Waals surface area contributed by atoms with Gasteiger partial charge in [0.15, 0.2) is 5.96 Å². The van der Waals surface area contributed by atoms with Crippen LogP contribution in [0.3, 0.4) is 0 Å². The van der Waals surface area contributed by atoms with Crippen molar-refractivity contribution in [3.05, 3.63) is 59.3 Å². The van der Waals surface area contributed by atoms with Gasteiger partial charge in [0.05, 0.1) is 12.1 Å². The average Bonchev–Trinajstić information content (AvgIpc) is 3.27. The zero-order chi connectivity index (χ0) is 21.4. The molecule has 2 N–H and O–H groups in total. The van der Waals surface area contributed by atoms with Gasteiger partial charge in [-0.05, 0) is 55.5 Å². The second-order valence-electron chi connectivity index (χ2n) is 7.29. The Bertz CT molecular complexity index is 810. The van der Waals surface area contributed by atoms with Gasteiger partial charge >= 0.3 is 6.18 Å². The Morgan fingerprint density at radius 3 is 2.33 bits per heavy atom. The first-order valence-electron chi connectivity index (χ1n) is 10.3. The highest BCUT2D eigenvalue weighted by atomic mass is 19.4. The quantitative estimate of drug-likeness (QED) is 0.526. The average molecular weight is 419 g/mol. The van der Waals surface area contributed by atoms with Gasteiger partial charge in [0.25, 0.3) is 0 Å². The predicted molar refractivity (Wildman–Crippen MR) is 114 cm³/mol. The molecule has 5 nitrogen and oxygen atoms in total. The molecule has 0 atom stereocenters. The smallest absolute Gasteiger partial charge is 0.357 e. The van der Waals surface area contributed by atoms with E-state index in [0.717, 1.165) is 48.7 Å². The molecule has 1 fully saturated rings. The Morgan fingerprint density at radius 2 is 1.73 bits per heavy atom. The van der Waals surface area contributed by atoms with Gasteiger partial charge in [-0.1, -0.05) is 18.2 Å². The van der Waals surface area contributed by atoms with E-state index in [4.69, 9.17) is 0 Å². The SMILES string of the molecule is CCNC(=NCc1ccc(N2CCCC2)nc1)NCCc1ccc(C(F)(F)F)cc1. The van der Waals surface area contributed by atoms with E-state index in [9.17, 15) is 13.2 Å². The molecule has 1 aliphatic rings. The molecular weight excluding hydrogens is 391 g/mol. The van der Waals surface area contributed by atoms with Crippen LogP contribution in [-0.2, 0) is 19.1 Å². The molecule has 0 amide bonds. The highest BCUT2D eigenvalue weighted by molar-refractivity contribution is 5.79. The first kappa shape index (κ1) is 21.9. The molecule has 0 aliphatic carbocycles. The number of pyridine rings is 1. The number of hydrogen-bond acceptors (Lipinski definition) is 3. The number of benzene rings is 1. The monoisotopic (exact) mass is 419 g/mol. The number of anilines is 1. The maximum absolute atomic E-state index is 12.6. The second-order valence-corrected chi connectivity index (χ2v) is 7.29. The van der Waals surface area contributed by atoms with Crippen molar-refractivity contribution >= 4 is 11.8 Å². The topological polar surface area (TPSA) is 52.6 Å². The van der Waals surface area contributed by atoms with Crippen LogP contribution in [0.2, 0.25) is 0 Å². The zero-order valence-corrected chi connectivity index (χ0v) is 17.2. The summed E-state index contributed by atoms with van der Waals surface area (Å²) in [5.41, 5.74) is 1.24. The fraction of sp³-hybridized carbons (Fsp3) is 0.455. The number of alkyl halides is 3. The highest BCUT2D eigenvalue weighted by Gasteiger charge is 2.29. The summed E-state index contributed by atoms with van der Waals surface area (Å²) in [6.45, 7) is 5.92. The lowest BCUT2D eigenvalue weighted by molar-refractivity contribution is -0.137. The molecule has 30 heavy (non-hydrogen) atoms. The van der Waals surface area contributed by atoms with Crippen molar-refractivity contribution in [1.82, 2.24) is 15.6 Å². The highest BCUT2D eigenvalue weighted by Crippen LogP contribution is 2.29. The maximum atomic E-state index is 12.6. The van der Waals surface area contributed by atoms with E-state index in [1.807, 2.05) is 19.2 Å². The van der Waals surface area contributed by atoms with Crippen molar-refractivity contribution in [2.45, 2.75) is 38.9 Å². The van der Waals surface area contributed by atoms with Crippen LogP contribution in [0, 0.1) is 0 Å². The Morgan fingerprint density at radius 1 is 1.03 bits per heavy atom. The van der Waals surface area contributed by atoms with E-state index in [0.29, 0.717) is 25.5 Å². The van der Waals surface area contributed by atoms with Gasteiger partial charge in [-0.3, -0.25) is 0 Å². The van der Waals surface area contributed by atoms with Gasteiger partial charge in [0.1, 0.15) is 5.82 Å². The van der Waals surface area contributed by atoms with Crippen LogP contribution in [0.5, 0.6) is 0 Å². The fourth-order valence-electron chi connectivity index (χ4n) is 3.34. The van der Waals surface area contributed by atoms with Crippen LogP contribution in [0.4, 0.5) is 19.0 Å². The van der Waals surface area contributed by atoms with E-state index < -0.39 is 11.7 Å². The fourth-order valence-corrected chi connectivity index (χ4v) is 3.34. The molecule has 1 aromatic heterocycles. The zero-order valence-electron chi connectivity index (χ0n) is 17.2. The Kier molecular flexibility index (Phi) is 7.54. The lowest BCUT2D eigenvalue weighted by atomic mass is 10.1. The van der Waals surface area contributed by atoms with Gasteiger partial charge in [0.2, 0.25) is 0 Å². The molecule has 8 heteroatoms. The predicted octanol–water partition coefficient (Wildman–Crippen LogP) is 4.00. The third-order valence-corrected chi connectivity index (χ3v) is 4.99. The number of halogens is 3. The number of aromatic nitrogens is 1. The summed E-state index contributed by atoms with van der Waals surface area (Å²) in [7, 11) is 0. The minimum atomic E-state index is -4.30. The van der Waals surface area contributed by atoms with E-state index in [-0.39, 0.29) is 0 Å². The van der Waals surface area contributed by atoms with Gasteiger partial charge in [-0.25, -0.2) is 9.98 Å². The Hall–Kier alpha value is -2.77. The van der Waals surface area contributed by atoms with Crippen LogP contribution >= 0.6 is 0 Å². The molecule has 2 aromatic rings. The number of nitrogens with one attached hydrogen (secondary N) is 2. The van der Waals surface area contributed by atoms with Gasteiger partial charge in [0, 0.05) is 32.4 Å². The standard InChI is InChI=1S/C22H28F3N5/c1-2-26-21(27-12-11-17-5-8-19(9-6-17)22(23,24)25)29-16-18-7-10-20(28-15-18)30-13-3-4-14-30/h5-10,15H,2-4,11-14,16H2,1H3,(H2,26,27,29). The van der Waals surface area contributed by atoms with E-state index in [2.05, 4.69) is 31.6 Å². The van der Waals surface area contributed by atoms with Crippen LogP contribution in [0.15, 0.2) is 47.6 Å². The summed E-state index contributed by atoms with van der Waals surface area (Å²) < 4.78 is 37.9. The molecule has 0 bridgehead atoms. The number of nitrogens with zero attached hydrogens (tertiary/aromatic N) is 3. The number of rotatable bonds is 7. The maximum Gasteiger partial charge on any atom is 0.416 e. The molecular formula is C22H28F3N5. The minimum absolute atomic E-state index is 0.503. The van der Waals surface area contributed by atoms with E-state index in [1.165, 1.54) is 25.0 Å². The first-order chi connectivity index (χ1) is 14.5. The van der Waals surface area contributed by atoms with Crippen LogP contribution < -0.4 is 15.5 Å². The summed E-state index contributed by atoms with van der Waals surface area (Å²) in [6.07, 6.45) is 0.608. The van der Waals surface area contributed by atoms with Gasteiger partial charge in [-0.2, -0.15) is 13.2 Å². The molecule has 1 aliphatic heterocycles. The summed E-state index contributed by atoms with van der Waals surface area (Å²) >= 11 is 0. The summed E-state index contributed by atoms with van der Waals surface area (Å²) in [5.74, 6) is 1.69. The molecule has 0 radical (unpaired) electrons. The molecule has 2 heterocycles. The summed E-state index contributed by atoms with van der Waals surface area (Å²) in [5, 5.41) is 6.41. The number of guanidine groups is 1. The van der Waals surface area contributed by atoms with Gasteiger partial charge < -0.3 is 15.5 Å². The third kappa shape index (κ3) is 6.37. The van der Waals surface area contributed by atoms with Crippen molar-refractivity contribution in [3.8, 4) is 0 Å². The third-order valence-electron chi connectivity index (χ3n) is 4.99. The van der Waals surface area contributed by atoms with Gasteiger partial charge in [-0.15, -0.1) is 0 Å². The van der Waals surface area contributed by atoms with Crippen molar-refractivity contribution in [3.63, 3.8) is 0 Å². The lowest BCUT2D eigenvalue weighted by Crippen LogP contribution is -2.38. The van der Waals surface area contributed by atoms with Crippen LogP contribution in [0.1, 0.15) is 36.5 Å². The molecule has 0 spiro atoms. The molecule has 0 saturated carbocycles. The second kappa shape index (κ2) is 10.3. The van der Waals surface area contributed by atoms with Crippen LogP contribution in [-0.4, -0.2) is 37.1 Å². The first-order valence-corrected chi connectivity index (χ1v) is 10.3. The largest absolute Gasteiger partial charge is 0.416 e. The van der Waals surface area contributed by atoms with Crippen molar-refractivity contribution in [2.75, 3.05) is 31.1 Å². The lowest BCUT2D eigenvalue weighted by Gasteiger charge is -2.16. The molecule has 162 valence electrons. The summed E-state index contributed by atoms with van der Waals surface area (Å²) in [6, 6.07) is 9.36. The van der Waals surface area contributed by atoms with E-state index >= 15 is 0 Å².